The predicted molar refractivity (Wildman–Crippen MR) is 114 cm³/mol. The lowest BCUT2D eigenvalue weighted by Gasteiger charge is -2.61. The number of benzene rings is 1. The van der Waals surface area contributed by atoms with Gasteiger partial charge in [-0.3, -0.25) is 14.2 Å². The molecule has 30 heavy (non-hydrogen) atoms. The highest BCUT2D eigenvalue weighted by Crippen LogP contribution is 2.56. The van der Waals surface area contributed by atoms with Crippen molar-refractivity contribution in [3.05, 3.63) is 82.0 Å². The molecule has 6 heteroatoms. The van der Waals surface area contributed by atoms with Gasteiger partial charge < -0.3 is 5.32 Å². The maximum absolute atomic E-state index is 13.3. The fourth-order valence-electron chi connectivity index (χ4n) is 4.52. The zero-order valence-electron chi connectivity index (χ0n) is 16.7. The number of rotatable bonds is 5. The Hall–Kier alpha value is -3.28. The van der Waals surface area contributed by atoms with E-state index >= 15 is 0 Å². The lowest BCUT2D eigenvalue weighted by molar-refractivity contribution is -0.0438. The molecule has 2 bridgehead atoms. The normalized spacial score (nSPS) is 21.6. The van der Waals surface area contributed by atoms with Crippen molar-refractivity contribution >= 4 is 22.5 Å². The van der Waals surface area contributed by atoms with Crippen LogP contribution in [-0.2, 0) is 6.54 Å². The van der Waals surface area contributed by atoms with E-state index in [0.717, 1.165) is 41.9 Å². The number of hydrogen-bond acceptors (Lipinski definition) is 3. The number of hydrogen-bond donors (Lipinski definition) is 1. The third kappa shape index (κ3) is 3.03. The van der Waals surface area contributed by atoms with Gasteiger partial charge in [-0.25, -0.2) is 9.37 Å². The lowest BCUT2D eigenvalue weighted by atomic mass is 9.50. The molecule has 0 atom stereocenters. The van der Waals surface area contributed by atoms with Gasteiger partial charge >= 0.3 is 0 Å². The molecule has 0 saturated heterocycles. The fourth-order valence-corrected chi connectivity index (χ4v) is 4.52. The number of allylic oxidation sites excluding steroid dienone is 1. The van der Waals surface area contributed by atoms with Crippen molar-refractivity contribution in [3.63, 3.8) is 0 Å². The molecule has 3 aliphatic rings. The first-order chi connectivity index (χ1) is 14.3. The molecule has 3 saturated carbocycles. The minimum Gasteiger partial charge on any atom is -0.346 e. The summed E-state index contributed by atoms with van der Waals surface area (Å²) >= 11 is 0. The van der Waals surface area contributed by atoms with E-state index in [1.54, 1.807) is 24.4 Å². The summed E-state index contributed by atoms with van der Waals surface area (Å²) in [5.41, 5.74) is 2.52. The standard InChI is InChI=1S/C24H22FN3O2/c1-14(2)18-7-17-8-20(22(29)27-24-9-16(10-24)11-24)23(30)28(21(17)26-12-18)13-15-3-5-19(25)6-4-15/h3-8,12,16H,1,9-11,13H2,2H3,(H,27,29). The summed E-state index contributed by atoms with van der Waals surface area (Å²) in [6.45, 7) is 6.04. The average Bonchev–Trinajstić information content (AvgIpc) is 2.66. The Morgan fingerprint density at radius 3 is 2.57 bits per heavy atom. The number of amides is 1. The predicted octanol–water partition coefficient (Wildman–Crippen LogP) is 3.90. The summed E-state index contributed by atoms with van der Waals surface area (Å²) < 4.78 is 14.8. The van der Waals surface area contributed by atoms with E-state index in [-0.39, 0.29) is 29.4 Å². The first-order valence-corrected chi connectivity index (χ1v) is 10.1. The second kappa shape index (κ2) is 6.62. The Morgan fingerprint density at radius 1 is 1.27 bits per heavy atom. The van der Waals surface area contributed by atoms with E-state index in [0.29, 0.717) is 11.0 Å². The van der Waals surface area contributed by atoms with Crippen LogP contribution in [0.4, 0.5) is 4.39 Å². The molecule has 152 valence electrons. The molecule has 1 aromatic carbocycles. The van der Waals surface area contributed by atoms with E-state index in [1.807, 2.05) is 13.0 Å². The van der Waals surface area contributed by atoms with Crippen molar-refractivity contribution in [3.8, 4) is 0 Å². The number of nitrogens with one attached hydrogen (secondary N) is 1. The van der Waals surface area contributed by atoms with Gasteiger partial charge in [-0.05, 0) is 73.1 Å². The zero-order chi connectivity index (χ0) is 21.0. The third-order valence-corrected chi connectivity index (χ3v) is 6.33. The van der Waals surface area contributed by atoms with Crippen LogP contribution in [0.25, 0.3) is 16.6 Å². The van der Waals surface area contributed by atoms with Gasteiger partial charge in [-0.15, -0.1) is 0 Å². The largest absolute Gasteiger partial charge is 0.346 e. The molecule has 3 fully saturated rings. The number of carbonyl (C=O) groups is 1. The molecule has 0 radical (unpaired) electrons. The van der Waals surface area contributed by atoms with Crippen molar-refractivity contribution in [2.75, 3.05) is 0 Å². The smallest absolute Gasteiger partial charge is 0.265 e. The van der Waals surface area contributed by atoms with E-state index < -0.39 is 5.56 Å². The van der Waals surface area contributed by atoms with Gasteiger partial charge in [0.2, 0.25) is 0 Å². The second-order valence-electron chi connectivity index (χ2n) is 8.71. The maximum Gasteiger partial charge on any atom is 0.265 e. The molecule has 2 heterocycles. The minimum absolute atomic E-state index is 0.106. The molecule has 0 spiro atoms. The lowest BCUT2D eigenvalue weighted by Crippen LogP contribution is -2.68. The zero-order valence-corrected chi connectivity index (χ0v) is 16.7. The van der Waals surface area contributed by atoms with Crippen LogP contribution in [0.5, 0.6) is 0 Å². The first kappa shape index (κ1) is 18.7. The number of carbonyl (C=O) groups excluding carboxylic acids is 1. The van der Waals surface area contributed by atoms with Crippen LogP contribution in [0.15, 0.2) is 54.0 Å². The number of nitrogens with zero attached hydrogens (tertiary/aromatic N) is 2. The molecule has 1 amide bonds. The quantitative estimate of drug-likeness (QED) is 0.703. The average molecular weight is 403 g/mol. The van der Waals surface area contributed by atoms with Crippen LogP contribution in [0.2, 0.25) is 0 Å². The Labute approximate surface area is 173 Å². The molecule has 5 nitrogen and oxygen atoms in total. The molecule has 3 aliphatic carbocycles. The van der Waals surface area contributed by atoms with E-state index in [2.05, 4.69) is 16.9 Å². The molecular weight excluding hydrogens is 381 g/mol. The maximum atomic E-state index is 13.3. The number of fused-ring (bicyclic) bond motifs is 1. The van der Waals surface area contributed by atoms with Crippen molar-refractivity contribution in [1.29, 1.82) is 0 Å². The minimum atomic E-state index is -0.397. The van der Waals surface area contributed by atoms with Gasteiger partial charge in [0.25, 0.3) is 11.5 Å². The first-order valence-electron chi connectivity index (χ1n) is 10.1. The van der Waals surface area contributed by atoms with Crippen LogP contribution in [-0.4, -0.2) is 21.0 Å². The summed E-state index contributed by atoms with van der Waals surface area (Å²) in [6.07, 6.45) is 4.67. The van der Waals surface area contributed by atoms with Crippen LogP contribution in [0.3, 0.4) is 0 Å². The van der Waals surface area contributed by atoms with Gasteiger partial charge in [0, 0.05) is 17.1 Å². The fraction of sp³-hybridized carbons (Fsp3) is 0.292. The number of pyridine rings is 2. The summed E-state index contributed by atoms with van der Waals surface area (Å²) in [7, 11) is 0. The monoisotopic (exact) mass is 403 g/mol. The van der Waals surface area contributed by atoms with Crippen molar-refractivity contribution in [1.82, 2.24) is 14.9 Å². The van der Waals surface area contributed by atoms with Gasteiger partial charge in [-0.1, -0.05) is 18.7 Å². The Morgan fingerprint density at radius 2 is 1.97 bits per heavy atom. The Kier molecular flexibility index (Phi) is 4.13. The van der Waals surface area contributed by atoms with Crippen LogP contribution in [0.1, 0.15) is 47.7 Å². The molecule has 1 N–H and O–H groups in total. The van der Waals surface area contributed by atoms with Gasteiger partial charge in [0.05, 0.1) is 6.54 Å². The van der Waals surface area contributed by atoms with Crippen molar-refractivity contribution < 1.29 is 9.18 Å². The third-order valence-electron chi connectivity index (χ3n) is 6.33. The van der Waals surface area contributed by atoms with Gasteiger partial charge in [0.1, 0.15) is 17.0 Å². The molecule has 0 aliphatic heterocycles. The molecular formula is C24H22FN3O2. The molecule has 6 rings (SSSR count). The van der Waals surface area contributed by atoms with Crippen molar-refractivity contribution in [2.45, 2.75) is 38.3 Å². The van der Waals surface area contributed by atoms with Crippen LogP contribution < -0.4 is 10.9 Å². The SMILES string of the molecule is C=C(C)c1cnc2c(c1)cc(C(=O)NC13CC(C1)C3)c(=O)n2Cc1ccc(F)cc1. The summed E-state index contributed by atoms with van der Waals surface area (Å²) in [4.78, 5) is 30.8. The van der Waals surface area contributed by atoms with Gasteiger partial charge in [-0.2, -0.15) is 0 Å². The van der Waals surface area contributed by atoms with Gasteiger partial charge in [0.15, 0.2) is 0 Å². The Bertz CT molecular complexity index is 1240. The van der Waals surface area contributed by atoms with Crippen LogP contribution in [0, 0.1) is 11.7 Å². The molecule has 2 aromatic heterocycles. The highest BCUT2D eigenvalue weighted by atomic mass is 19.1. The van der Waals surface area contributed by atoms with Crippen molar-refractivity contribution in [2.24, 2.45) is 5.92 Å². The topological polar surface area (TPSA) is 64.0 Å². The summed E-state index contributed by atoms with van der Waals surface area (Å²) in [6, 6.07) is 9.49. The number of aromatic nitrogens is 2. The highest BCUT2D eigenvalue weighted by molar-refractivity contribution is 5.97. The van der Waals surface area contributed by atoms with Crippen LogP contribution >= 0.6 is 0 Å². The molecule has 3 aromatic rings. The second-order valence-corrected chi connectivity index (χ2v) is 8.71. The highest BCUT2D eigenvalue weighted by Gasteiger charge is 2.57. The van der Waals surface area contributed by atoms with E-state index in [1.165, 1.54) is 16.7 Å². The number of halogens is 1. The molecule has 0 unspecified atom stereocenters. The van der Waals surface area contributed by atoms with E-state index in [9.17, 15) is 14.0 Å². The Balaban J connectivity index is 1.62. The van der Waals surface area contributed by atoms with E-state index in [4.69, 9.17) is 0 Å². The summed E-state index contributed by atoms with van der Waals surface area (Å²) in [5, 5.41) is 3.77. The summed E-state index contributed by atoms with van der Waals surface area (Å²) in [5.74, 6) is 0.0415.